The number of nitrogens with one attached hydrogen (secondary N) is 1. The molecule has 2 aromatic carbocycles. The topological polar surface area (TPSA) is 66.4 Å². The number of aliphatic carboxylic acids is 1. The van der Waals surface area contributed by atoms with Gasteiger partial charge < -0.3 is 10.4 Å². The normalized spacial score (nSPS) is 20.2. The predicted molar refractivity (Wildman–Crippen MR) is 92.0 cm³/mol. The van der Waals surface area contributed by atoms with Crippen LogP contribution in [0.3, 0.4) is 0 Å². The maximum atomic E-state index is 12.4. The van der Waals surface area contributed by atoms with E-state index in [0.717, 1.165) is 11.1 Å². The van der Waals surface area contributed by atoms with Gasteiger partial charge in [0.1, 0.15) is 6.04 Å². The second-order valence-corrected chi connectivity index (χ2v) is 6.47. The van der Waals surface area contributed by atoms with E-state index in [-0.39, 0.29) is 24.2 Å². The maximum Gasteiger partial charge on any atom is 0.326 e. The highest BCUT2D eigenvalue weighted by Gasteiger charge is 2.45. The molecule has 0 aliphatic heterocycles. The predicted octanol–water partition coefficient (Wildman–Crippen LogP) is 3.26. The lowest BCUT2D eigenvalue weighted by atomic mass is 10.1. The van der Waals surface area contributed by atoms with Crippen molar-refractivity contribution in [2.45, 2.75) is 24.8 Å². The van der Waals surface area contributed by atoms with Crippen LogP contribution < -0.4 is 5.32 Å². The number of hydrogen-bond donors (Lipinski definition) is 2. The molecule has 2 N–H and O–H groups in total. The van der Waals surface area contributed by atoms with Crippen LogP contribution in [0.5, 0.6) is 0 Å². The van der Waals surface area contributed by atoms with Crippen LogP contribution in [0.4, 0.5) is 0 Å². The van der Waals surface area contributed by atoms with Crippen molar-refractivity contribution in [1.82, 2.24) is 5.32 Å². The summed E-state index contributed by atoms with van der Waals surface area (Å²) in [5.74, 6) is -1.38. The fourth-order valence-corrected chi connectivity index (χ4v) is 3.21. The molecule has 0 heterocycles. The van der Waals surface area contributed by atoms with Crippen LogP contribution >= 0.6 is 11.6 Å². The van der Waals surface area contributed by atoms with E-state index in [0.29, 0.717) is 11.4 Å². The molecule has 1 aliphatic carbocycles. The largest absolute Gasteiger partial charge is 0.480 e. The van der Waals surface area contributed by atoms with E-state index in [1.807, 2.05) is 48.5 Å². The highest BCUT2D eigenvalue weighted by molar-refractivity contribution is 6.31. The lowest BCUT2D eigenvalue weighted by Gasteiger charge is -2.15. The monoisotopic (exact) mass is 343 g/mol. The molecule has 0 spiro atoms. The van der Waals surface area contributed by atoms with Crippen LogP contribution in [0.25, 0.3) is 0 Å². The van der Waals surface area contributed by atoms with Crippen molar-refractivity contribution in [1.29, 1.82) is 0 Å². The number of carbonyl (C=O) groups excluding carboxylic acids is 1. The number of benzene rings is 2. The van der Waals surface area contributed by atoms with Crippen molar-refractivity contribution < 1.29 is 14.7 Å². The molecule has 0 aromatic heterocycles. The summed E-state index contributed by atoms with van der Waals surface area (Å²) in [6.45, 7) is 0. The number of carboxylic acids is 1. The van der Waals surface area contributed by atoms with Gasteiger partial charge in [0.15, 0.2) is 0 Å². The zero-order valence-corrected chi connectivity index (χ0v) is 13.7. The van der Waals surface area contributed by atoms with Gasteiger partial charge in [-0.2, -0.15) is 0 Å². The van der Waals surface area contributed by atoms with E-state index in [1.165, 1.54) is 0 Å². The fourth-order valence-electron chi connectivity index (χ4n) is 2.93. The molecule has 0 unspecified atom stereocenters. The average molecular weight is 344 g/mol. The van der Waals surface area contributed by atoms with Gasteiger partial charge in [-0.1, -0.05) is 60.1 Å². The molecular formula is C19H18ClNO3. The Kier molecular flexibility index (Phi) is 4.86. The molecule has 4 nitrogen and oxygen atoms in total. The zero-order valence-electron chi connectivity index (χ0n) is 13.0. The Morgan fingerprint density at radius 3 is 2.46 bits per heavy atom. The number of rotatable bonds is 6. The number of amides is 1. The minimum Gasteiger partial charge on any atom is -0.480 e. The molecule has 0 bridgehead atoms. The summed E-state index contributed by atoms with van der Waals surface area (Å²) in [5.41, 5.74) is 1.83. The maximum absolute atomic E-state index is 12.4. The standard InChI is InChI=1S/C19H18ClNO3/c20-16-9-5-4-8-13(16)14-11-15(14)18(22)21-17(19(23)24)10-12-6-2-1-3-7-12/h1-9,14-15,17H,10-11H2,(H,21,22)(H,23,24)/t14-,15-,17+/m0/s1. The van der Waals surface area contributed by atoms with Crippen LogP contribution in [0, 0.1) is 5.92 Å². The SMILES string of the molecule is O=C(N[C@H](Cc1ccccc1)C(=O)O)[C@H]1C[C@H]1c1ccccc1Cl. The first kappa shape index (κ1) is 16.5. The Hall–Kier alpha value is -2.33. The first-order valence-electron chi connectivity index (χ1n) is 7.88. The van der Waals surface area contributed by atoms with E-state index in [4.69, 9.17) is 11.6 Å². The summed E-state index contributed by atoms with van der Waals surface area (Å²) in [4.78, 5) is 23.8. The van der Waals surface area contributed by atoms with Gasteiger partial charge >= 0.3 is 5.97 Å². The number of halogens is 1. The summed E-state index contributed by atoms with van der Waals surface area (Å²) in [6.07, 6.45) is 0.971. The van der Waals surface area contributed by atoms with Crippen molar-refractivity contribution in [3.8, 4) is 0 Å². The molecule has 1 amide bonds. The van der Waals surface area contributed by atoms with Gasteiger partial charge in [-0.05, 0) is 29.5 Å². The quantitative estimate of drug-likeness (QED) is 0.846. The van der Waals surface area contributed by atoms with Crippen LogP contribution in [0.15, 0.2) is 54.6 Å². The fraction of sp³-hybridized carbons (Fsp3) is 0.263. The first-order valence-corrected chi connectivity index (χ1v) is 8.25. The molecule has 0 radical (unpaired) electrons. The minimum absolute atomic E-state index is 0.0740. The van der Waals surface area contributed by atoms with Crippen molar-refractivity contribution in [3.05, 3.63) is 70.7 Å². The zero-order chi connectivity index (χ0) is 17.1. The Morgan fingerprint density at radius 1 is 1.12 bits per heavy atom. The van der Waals surface area contributed by atoms with Crippen LogP contribution in [0.2, 0.25) is 5.02 Å². The van der Waals surface area contributed by atoms with Gasteiger partial charge in [0.05, 0.1) is 0 Å². The third-order valence-electron chi connectivity index (χ3n) is 4.33. The summed E-state index contributed by atoms with van der Waals surface area (Å²) >= 11 is 6.17. The third-order valence-corrected chi connectivity index (χ3v) is 4.67. The van der Waals surface area contributed by atoms with Gasteiger partial charge in [-0.25, -0.2) is 4.79 Å². The van der Waals surface area contributed by atoms with E-state index in [1.54, 1.807) is 6.07 Å². The highest BCUT2D eigenvalue weighted by Crippen LogP contribution is 2.49. The lowest BCUT2D eigenvalue weighted by molar-refractivity contribution is -0.142. The molecule has 2 aromatic rings. The summed E-state index contributed by atoms with van der Waals surface area (Å²) < 4.78 is 0. The summed E-state index contributed by atoms with van der Waals surface area (Å²) in [5, 5.41) is 12.7. The first-order chi connectivity index (χ1) is 11.6. The minimum atomic E-state index is -1.03. The average Bonchev–Trinajstić information content (AvgIpc) is 3.36. The third kappa shape index (κ3) is 3.77. The van der Waals surface area contributed by atoms with E-state index in [2.05, 4.69) is 5.32 Å². The molecule has 1 saturated carbocycles. The van der Waals surface area contributed by atoms with Crippen molar-refractivity contribution in [2.24, 2.45) is 5.92 Å². The molecule has 5 heteroatoms. The van der Waals surface area contributed by atoms with Gasteiger partial charge in [0.25, 0.3) is 0 Å². The van der Waals surface area contributed by atoms with Crippen LogP contribution in [-0.4, -0.2) is 23.0 Å². The second kappa shape index (κ2) is 7.05. The second-order valence-electron chi connectivity index (χ2n) is 6.06. The molecule has 3 atom stereocenters. The van der Waals surface area contributed by atoms with E-state index in [9.17, 15) is 14.7 Å². The van der Waals surface area contributed by atoms with Crippen LogP contribution in [0.1, 0.15) is 23.5 Å². The van der Waals surface area contributed by atoms with Gasteiger partial charge in [0, 0.05) is 17.4 Å². The number of hydrogen-bond acceptors (Lipinski definition) is 2. The Morgan fingerprint density at radius 2 is 1.79 bits per heavy atom. The molecule has 3 rings (SSSR count). The lowest BCUT2D eigenvalue weighted by Crippen LogP contribution is -2.43. The smallest absolute Gasteiger partial charge is 0.326 e. The Balaban J connectivity index is 1.63. The number of carboxylic acid groups (broad SMARTS) is 1. The highest BCUT2D eigenvalue weighted by atomic mass is 35.5. The molecule has 1 aliphatic rings. The van der Waals surface area contributed by atoms with Crippen molar-refractivity contribution in [3.63, 3.8) is 0 Å². The van der Waals surface area contributed by atoms with Gasteiger partial charge in [0.2, 0.25) is 5.91 Å². The molecule has 124 valence electrons. The molecule has 24 heavy (non-hydrogen) atoms. The Labute approximate surface area is 145 Å². The molecule has 1 fully saturated rings. The molecular weight excluding hydrogens is 326 g/mol. The van der Waals surface area contributed by atoms with E-state index < -0.39 is 12.0 Å². The molecule has 0 saturated heterocycles. The van der Waals surface area contributed by atoms with Gasteiger partial charge in [-0.15, -0.1) is 0 Å². The van der Waals surface area contributed by atoms with Crippen molar-refractivity contribution >= 4 is 23.5 Å². The van der Waals surface area contributed by atoms with E-state index >= 15 is 0 Å². The number of carbonyl (C=O) groups is 2. The van der Waals surface area contributed by atoms with Crippen molar-refractivity contribution in [2.75, 3.05) is 0 Å². The van der Waals surface area contributed by atoms with Gasteiger partial charge in [-0.3, -0.25) is 4.79 Å². The summed E-state index contributed by atoms with van der Waals surface area (Å²) in [6, 6.07) is 15.8. The Bertz CT molecular complexity index is 747. The van der Waals surface area contributed by atoms with Crippen LogP contribution in [-0.2, 0) is 16.0 Å². The summed E-state index contributed by atoms with van der Waals surface area (Å²) in [7, 11) is 0.